The normalized spacial score (nSPS) is 13.8. The standard InChI is InChI=1S/C20H23N3O4S/c1-27-18-11-7-10-17(14-18)23(28(25,26)19-12-3-2-4-13-19)15-20(24)22-21-16-8-5-6-9-16/h2-4,7,10-14H,5-6,8-9,15H2,1H3,(H,22,24). The molecule has 8 heteroatoms. The van der Waals surface area contributed by atoms with E-state index >= 15 is 0 Å². The van der Waals surface area contributed by atoms with Crippen molar-refractivity contribution < 1.29 is 17.9 Å². The summed E-state index contributed by atoms with van der Waals surface area (Å²) in [7, 11) is -2.44. The molecule has 2 aromatic rings. The first kappa shape index (κ1) is 19.9. The summed E-state index contributed by atoms with van der Waals surface area (Å²) < 4.78 is 32.7. The molecule has 1 aliphatic rings. The highest BCUT2D eigenvalue weighted by molar-refractivity contribution is 7.92. The van der Waals surface area contributed by atoms with E-state index in [1.165, 1.54) is 19.2 Å². The molecule has 0 saturated heterocycles. The van der Waals surface area contributed by atoms with Crippen LogP contribution in [0.4, 0.5) is 5.69 Å². The maximum atomic E-state index is 13.2. The van der Waals surface area contributed by atoms with Gasteiger partial charge in [0.2, 0.25) is 0 Å². The second-order valence-electron chi connectivity index (χ2n) is 6.45. The number of amides is 1. The minimum atomic E-state index is -3.94. The summed E-state index contributed by atoms with van der Waals surface area (Å²) in [5, 5.41) is 4.13. The van der Waals surface area contributed by atoms with E-state index in [-0.39, 0.29) is 11.4 Å². The molecule has 0 unspecified atom stereocenters. The summed E-state index contributed by atoms with van der Waals surface area (Å²) in [6.07, 6.45) is 3.85. The monoisotopic (exact) mass is 401 g/mol. The van der Waals surface area contributed by atoms with Crippen molar-refractivity contribution >= 4 is 27.3 Å². The number of ether oxygens (including phenoxy) is 1. The Labute approximate surface area is 165 Å². The van der Waals surface area contributed by atoms with E-state index in [4.69, 9.17) is 4.74 Å². The van der Waals surface area contributed by atoms with Gasteiger partial charge in [0.15, 0.2) is 0 Å². The fraction of sp³-hybridized carbons (Fsp3) is 0.300. The van der Waals surface area contributed by atoms with E-state index in [9.17, 15) is 13.2 Å². The third-order valence-electron chi connectivity index (χ3n) is 4.48. The molecule has 0 aromatic heterocycles. The molecule has 1 aliphatic carbocycles. The molecule has 1 amide bonds. The summed E-state index contributed by atoms with van der Waals surface area (Å²) in [5.74, 6) is -0.000838. The van der Waals surface area contributed by atoms with Crippen molar-refractivity contribution in [3.63, 3.8) is 0 Å². The van der Waals surface area contributed by atoms with Gasteiger partial charge in [0.25, 0.3) is 15.9 Å². The van der Waals surface area contributed by atoms with E-state index < -0.39 is 15.9 Å². The summed E-state index contributed by atoms with van der Waals surface area (Å²) in [6, 6.07) is 14.6. The largest absolute Gasteiger partial charge is 0.497 e. The molecule has 0 aliphatic heterocycles. The highest BCUT2D eigenvalue weighted by Crippen LogP contribution is 2.26. The number of methoxy groups -OCH3 is 1. The summed E-state index contributed by atoms with van der Waals surface area (Å²) in [5.41, 5.74) is 3.77. The van der Waals surface area contributed by atoms with Crippen molar-refractivity contribution in [2.75, 3.05) is 18.0 Å². The summed E-state index contributed by atoms with van der Waals surface area (Å²) in [4.78, 5) is 12.6. The molecule has 2 aromatic carbocycles. The molecule has 148 valence electrons. The molecule has 1 N–H and O–H groups in total. The SMILES string of the molecule is COc1cccc(N(CC(=O)NN=C2CCCC2)S(=O)(=O)c2ccccc2)c1. The third-order valence-corrected chi connectivity index (χ3v) is 6.27. The van der Waals surface area contributed by atoms with Gasteiger partial charge >= 0.3 is 0 Å². The van der Waals surface area contributed by atoms with Crippen LogP contribution in [0.2, 0.25) is 0 Å². The van der Waals surface area contributed by atoms with Crippen LogP contribution >= 0.6 is 0 Å². The number of nitrogens with zero attached hydrogens (tertiary/aromatic N) is 2. The molecule has 0 atom stereocenters. The van der Waals surface area contributed by atoms with Crippen LogP contribution in [0.25, 0.3) is 0 Å². The van der Waals surface area contributed by atoms with Gasteiger partial charge in [-0.05, 0) is 49.9 Å². The quantitative estimate of drug-likeness (QED) is 0.723. The first-order valence-electron chi connectivity index (χ1n) is 9.07. The topological polar surface area (TPSA) is 88.1 Å². The van der Waals surface area contributed by atoms with E-state index in [0.717, 1.165) is 35.7 Å². The van der Waals surface area contributed by atoms with Crippen molar-refractivity contribution in [1.29, 1.82) is 0 Å². The number of anilines is 1. The maximum Gasteiger partial charge on any atom is 0.264 e. The fourth-order valence-corrected chi connectivity index (χ4v) is 4.44. The lowest BCUT2D eigenvalue weighted by Gasteiger charge is -2.24. The first-order valence-corrected chi connectivity index (χ1v) is 10.5. The van der Waals surface area contributed by atoms with Crippen LogP contribution in [0, 0.1) is 0 Å². The van der Waals surface area contributed by atoms with Crippen LogP contribution in [-0.4, -0.2) is 33.7 Å². The van der Waals surface area contributed by atoms with Crippen molar-refractivity contribution in [2.45, 2.75) is 30.6 Å². The molecular weight excluding hydrogens is 378 g/mol. The number of hydrazone groups is 1. The zero-order valence-corrected chi connectivity index (χ0v) is 16.5. The van der Waals surface area contributed by atoms with Gasteiger partial charge in [0.05, 0.1) is 17.7 Å². The van der Waals surface area contributed by atoms with Gasteiger partial charge in [-0.25, -0.2) is 13.8 Å². The Morgan fingerprint density at radius 2 is 1.82 bits per heavy atom. The fourth-order valence-electron chi connectivity index (χ4n) is 3.00. The Morgan fingerprint density at radius 3 is 2.50 bits per heavy atom. The molecule has 3 rings (SSSR count). The number of hydrogen-bond donors (Lipinski definition) is 1. The van der Waals surface area contributed by atoms with E-state index in [1.54, 1.807) is 42.5 Å². The zero-order valence-electron chi connectivity index (χ0n) is 15.7. The molecule has 1 saturated carbocycles. The summed E-state index contributed by atoms with van der Waals surface area (Å²) in [6.45, 7) is -0.388. The minimum absolute atomic E-state index is 0.104. The van der Waals surface area contributed by atoms with Gasteiger partial charge in [0.1, 0.15) is 12.3 Å². The predicted molar refractivity (Wildman–Crippen MR) is 108 cm³/mol. The molecule has 0 radical (unpaired) electrons. The van der Waals surface area contributed by atoms with Crippen LogP contribution in [0.15, 0.2) is 64.6 Å². The van der Waals surface area contributed by atoms with Crippen molar-refractivity contribution in [2.24, 2.45) is 5.10 Å². The zero-order chi connectivity index (χ0) is 20.0. The Hall–Kier alpha value is -2.87. The summed E-state index contributed by atoms with van der Waals surface area (Å²) >= 11 is 0. The van der Waals surface area contributed by atoms with Crippen LogP contribution in [-0.2, 0) is 14.8 Å². The predicted octanol–water partition coefficient (Wildman–Crippen LogP) is 2.94. The minimum Gasteiger partial charge on any atom is -0.497 e. The second-order valence-corrected chi connectivity index (χ2v) is 8.31. The number of carbonyl (C=O) groups excluding carboxylic acids is 1. The van der Waals surface area contributed by atoms with Crippen molar-refractivity contribution in [1.82, 2.24) is 5.43 Å². The van der Waals surface area contributed by atoms with Crippen molar-refractivity contribution in [3.05, 3.63) is 54.6 Å². The Bertz CT molecular complexity index is 950. The van der Waals surface area contributed by atoms with Crippen LogP contribution < -0.4 is 14.5 Å². The number of hydrogen-bond acceptors (Lipinski definition) is 5. The molecule has 7 nitrogen and oxygen atoms in total. The van der Waals surface area contributed by atoms with Crippen molar-refractivity contribution in [3.8, 4) is 5.75 Å². The van der Waals surface area contributed by atoms with Crippen LogP contribution in [0.3, 0.4) is 0 Å². The number of benzene rings is 2. The Kier molecular flexibility index (Phi) is 6.30. The van der Waals surface area contributed by atoms with Gasteiger partial charge in [-0.3, -0.25) is 9.10 Å². The molecule has 28 heavy (non-hydrogen) atoms. The Balaban J connectivity index is 1.90. The molecule has 0 spiro atoms. The highest BCUT2D eigenvalue weighted by Gasteiger charge is 2.27. The highest BCUT2D eigenvalue weighted by atomic mass is 32.2. The number of sulfonamides is 1. The number of rotatable bonds is 7. The smallest absolute Gasteiger partial charge is 0.264 e. The lowest BCUT2D eigenvalue weighted by atomic mass is 10.3. The van der Waals surface area contributed by atoms with Gasteiger partial charge in [-0.1, -0.05) is 24.3 Å². The molecule has 1 fully saturated rings. The molecular formula is C20H23N3O4S. The van der Waals surface area contributed by atoms with Gasteiger partial charge in [-0.15, -0.1) is 0 Å². The molecule has 0 heterocycles. The lowest BCUT2D eigenvalue weighted by Crippen LogP contribution is -2.39. The third kappa shape index (κ3) is 4.69. The van der Waals surface area contributed by atoms with Gasteiger partial charge in [0, 0.05) is 11.8 Å². The number of nitrogens with one attached hydrogen (secondary N) is 1. The lowest BCUT2D eigenvalue weighted by molar-refractivity contribution is -0.119. The van der Waals surface area contributed by atoms with E-state index in [1.807, 2.05) is 0 Å². The van der Waals surface area contributed by atoms with E-state index in [2.05, 4.69) is 10.5 Å². The first-order chi connectivity index (χ1) is 13.5. The molecule has 0 bridgehead atoms. The van der Waals surface area contributed by atoms with Crippen LogP contribution in [0.1, 0.15) is 25.7 Å². The van der Waals surface area contributed by atoms with Gasteiger partial charge < -0.3 is 4.74 Å². The van der Waals surface area contributed by atoms with E-state index in [0.29, 0.717) is 11.4 Å². The average molecular weight is 401 g/mol. The van der Waals surface area contributed by atoms with Crippen LogP contribution in [0.5, 0.6) is 5.75 Å². The second kappa shape index (κ2) is 8.88. The Morgan fingerprint density at radius 1 is 1.11 bits per heavy atom. The number of carbonyl (C=O) groups is 1. The maximum absolute atomic E-state index is 13.2. The van der Waals surface area contributed by atoms with Gasteiger partial charge in [-0.2, -0.15) is 5.10 Å². The average Bonchev–Trinajstić information content (AvgIpc) is 3.25.